The summed E-state index contributed by atoms with van der Waals surface area (Å²) in [5.41, 5.74) is 5.47. The van der Waals surface area contributed by atoms with Gasteiger partial charge in [0, 0.05) is 18.8 Å². The van der Waals surface area contributed by atoms with Gasteiger partial charge in [-0.15, -0.1) is 0 Å². The van der Waals surface area contributed by atoms with Crippen LogP contribution >= 0.6 is 0 Å². The van der Waals surface area contributed by atoms with Gasteiger partial charge < -0.3 is 5.73 Å². The lowest BCUT2D eigenvalue weighted by Gasteiger charge is -2.07. The summed E-state index contributed by atoms with van der Waals surface area (Å²) in [6.07, 6.45) is 1.71. The van der Waals surface area contributed by atoms with E-state index in [1.807, 2.05) is 0 Å². The predicted molar refractivity (Wildman–Crippen MR) is 57.6 cm³/mol. The molecule has 1 aromatic heterocycles. The van der Waals surface area contributed by atoms with Gasteiger partial charge in [-0.1, -0.05) is 0 Å². The van der Waals surface area contributed by atoms with Gasteiger partial charge in [0.1, 0.15) is 0 Å². The van der Waals surface area contributed by atoms with E-state index >= 15 is 0 Å². The van der Waals surface area contributed by atoms with Crippen LogP contribution in [0.15, 0.2) is 23.4 Å². The highest BCUT2D eigenvalue weighted by Crippen LogP contribution is 2.09. The van der Waals surface area contributed by atoms with Crippen LogP contribution in [0.2, 0.25) is 0 Å². The molecule has 3 N–H and O–H groups in total. The summed E-state index contributed by atoms with van der Waals surface area (Å²) in [7, 11) is -3.88. The van der Waals surface area contributed by atoms with Gasteiger partial charge >= 0.3 is 0 Å². The second kappa shape index (κ2) is 5.33. The van der Waals surface area contributed by atoms with Crippen molar-refractivity contribution in [3.63, 3.8) is 0 Å². The molecule has 0 aliphatic rings. The molecule has 1 rings (SSSR count). The van der Waals surface area contributed by atoms with Crippen molar-refractivity contribution in [3.8, 4) is 0 Å². The summed E-state index contributed by atoms with van der Waals surface area (Å²) in [6, 6.07) is 2.26. The zero-order valence-corrected chi connectivity index (χ0v) is 9.67. The van der Waals surface area contributed by atoms with Crippen LogP contribution in [0.3, 0.4) is 0 Å². The number of nitrogens with one attached hydrogen (secondary N) is 1. The molecule has 1 heterocycles. The molecule has 1 aromatic rings. The first-order valence-electron chi connectivity index (χ1n) is 4.79. The highest BCUT2D eigenvalue weighted by atomic mass is 32.2. The van der Waals surface area contributed by atoms with Gasteiger partial charge in [-0.05, 0) is 25.5 Å². The van der Waals surface area contributed by atoms with E-state index in [4.69, 9.17) is 5.73 Å². The van der Waals surface area contributed by atoms with Gasteiger partial charge in [-0.2, -0.15) is 0 Å². The molecular formula is C9H14FN3O2S. The topological polar surface area (TPSA) is 85.1 Å². The fraction of sp³-hybridized carbons (Fsp3) is 0.444. The van der Waals surface area contributed by atoms with Crippen molar-refractivity contribution in [2.45, 2.75) is 24.4 Å². The molecule has 0 radical (unpaired) electrons. The van der Waals surface area contributed by atoms with Crippen LogP contribution in [0, 0.1) is 5.82 Å². The predicted octanol–water partition coefficient (Wildman–Crippen LogP) is 0.236. The molecule has 0 aliphatic heterocycles. The Hall–Kier alpha value is -1.05. The Morgan fingerprint density at radius 1 is 1.62 bits per heavy atom. The molecule has 0 bridgehead atoms. The van der Waals surface area contributed by atoms with E-state index in [1.165, 1.54) is 12.3 Å². The molecular weight excluding hydrogens is 233 g/mol. The maximum Gasteiger partial charge on any atom is 0.261 e. The Labute approximate surface area is 93.9 Å². The zero-order valence-electron chi connectivity index (χ0n) is 8.85. The molecule has 0 amide bonds. The van der Waals surface area contributed by atoms with E-state index in [1.54, 1.807) is 6.92 Å². The van der Waals surface area contributed by atoms with Crippen LogP contribution in [0.4, 0.5) is 4.39 Å². The van der Waals surface area contributed by atoms with Crippen LogP contribution in [0.25, 0.3) is 0 Å². The molecule has 0 aromatic carbocycles. The average molecular weight is 247 g/mol. The molecule has 90 valence electrons. The van der Waals surface area contributed by atoms with Gasteiger partial charge in [0.25, 0.3) is 10.0 Å². The van der Waals surface area contributed by atoms with Gasteiger partial charge in [-0.25, -0.2) is 22.5 Å². The molecule has 0 aliphatic carbocycles. The molecule has 1 unspecified atom stereocenters. The Bertz CT molecular complexity index is 448. The molecule has 1 atom stereocenters. The Kier molecular flexibility index (Phi) is 4.34. The van der Waals surface area contributed by atoms with E-state index in [0.717, 1.165) is 6.07 Å². The van der Waals surface area contributed by atoms with E-state index in [2.05, 4.69) is 9.71 Å². The molecule has 0 saturated carbocycles. The van der Waals surface area contributed by atoms with E-state index in [-0.39, 0.29) is 12.6 Å². The number of hydrogen-bond acceptors (Lipinski definition) is 4. The minimum absolute atomic E-state index is 0.115. The standard InChI is InChI=1S/C9H14FN3O2S/c1-7(11)4-6-13-16(14,15)9-8(10)3-2-5-12-9/h2-3,5,7,13H,4,6,11H2,1H3. The third-order valence-corrected chi connectivity index (χ3v) is 3.26. The summed E-state index contributed by atoms with van der Waals surface area (Å²) in [4.78, 5) is 3.49. The van der Waals surface area contributed by atoms with Crippen LogP contribution in [0.1, 0.15) is 13.3 Å². The number of hydrogen-bond donors (Lipinski definition) is 2. The van der Waals surface area contributed by atoms with E-state index in [0.29, 0.717) is 6.42 Å². The lowest BCUT2D eigenvalue weighted by molar-refractivity contribution is 0.540. The number of sulfonamides is 1. The van der Waals surface area contributed by atoms with E-state index < -0.39 is 20.9 Å². The van der Waals surface area contributed by atoms with Crippen LogP contribution in [-0.2, 0) is 10.0 Å². The number of rotatable bonds is 5. The second-order valence-electron chi connectivity index (χ2n) is 3.45. The number of halogens is 1. The maximum atomic E-state index is 13.2. The molecule has 7 heteroatoms. The van der Waals surface area contributed by atoms with E-state index in [9.17, 15) is 12.8 Å². The molecule has 0 fully saturated rings. The Morgan fingerprint density at radius 2 is 2.31 bits per heavy atom. The maximum absolute atomic E-state index is 13.2. The SMILES string of the molecule is CC(N)CCNS(=O)(=O)c1ncccc1F. The molecule has 16 heavy (non-hydrogen) atoms. The monoisotopic (exact) mass is 247 g/mol. The molecule has 5 nitrogen and oxygen atoms in total. The number of pyridine rings is 1. The summed E-state index contributed by atoms with van der Waals surface area (Å²) in [6.45, 7) is 1.92. The smallest absolute Gasteiger partial charge is 0.261 e. The number of nitrogens with two attached hydrogens (primary N) is 1. The summed E-state index contributed by atoms with van der Waals surface area (Å²) in [5.74, 6) is -0.865. The van der Waals surface area contributed by atoms with Crippen molar-refractivity contribution < 1.29 is 12.8 Å². The van der Waals surface area contributed by atoms with Gasteiger partial charge in [0.2, 0.25) is 5.03 Å². The second-order valence-corrected chi connectivity index (χ2v) is 5.14. The van der Waals surface area contributed by atoms with Gasteiger partial charge in [0.15, 0.2) is 5.82 Å². The highest BCUT2D eigenvalue weighted by molar-refractivity contribution is 7.89. The van der Waals surface area contributed by atoms with Crippen LogP contribution in [0.5, 0.6) is 0 Å². The van der Waals surface area contributed by atoms with Crippen LogP contribution in [-0.4, -0.2) is 26.0 Å². The quantitative estimate of drug-likeness (QED) is 0.780. The zero-order chi connectivity index (χ0) is 12.2. The van der Waals surface area contributed by atoms with Crippen molar-refractivity contribution in [1.82, 2.24) is 9.71 Å². The first-order chi connectivity index (χ1) is 7.43. The molecule has 0 saturated heterocycles. The Morgan fingerprint density at radius 3 is 2.88 bits per heavy atom. The van der Waals surface area contributed by atoms with Gasteiger partial charge in [-0.3, -0.25) is 0 Å². The average Bonchev–Trinajstić information content (AvgIpc) is 2.17. The molecule has 0 spiro atoms. The van der Waals surface area contributed by atoms with Crippen molar-refractivity contribution in [3.05, 3.63) is 24.1 Å². The third-order valence-electron chi connectivity index (χ3n) is 1.87. The number of aromatic nitrogens is 1. The van der Waals surface area contributed by atoms with Crippen molar-refractivity contribution in [2.75, 3.05) is 6.54 Å². The van der Waals surface area contributed by atoms with Gasteiger partial charge in [0.05, 0.1) is 0 Å². The van der Waals surface area contributed by atoms with Crippen molar-refractivity contribution in [1.29, 1.82) is 0 Å². The highest BCUT2D eigenvalue weighted by Gasteiger charge is 2.19. The third kappa shape index (κ3) is 3.51. The minimum atomic E-state index is -3.88. The normalized spacial score (nSPS) is 13.7. The van der Waals surface area contributed by atoms with Crippen molar-refractivity contribution in [2.24, 2.45) is 5.73 Å². The summed E-state index contributed by atoms with van der Waals surface area (Å²) >= 11 is 0. The van der Waals surface area contributed by atoms with Crippen LogP contribution < -0.4 is 10.5 Å². The first-order valence-corrected chi connectivity index (χ1v) is 6.27. The summed E-state index contributed by atoms with van der Waals surface area (Å²) in [5, 5.41) is -0.584. The minimum Gasteiger partial charge on any atom is -0.328 e. The lowest BCUT2D eigenvalue weighted by atomic mass is 10.3. The fourth-order valence-corrected chi connectivity index (χ4v) is 2.11. The number of nitrogens with zero attached hydrogens (tertiary/aromatic N) is 1. The van der Waals surface area contributed by atoms with Crippen molar-refractivity contribution >= 4 is 10.0 Å². The Balaban J connectivity index is 2.75. The lowest BCUT2D eigenvalue weighted by Crippen LogP contribution is -2.30. The largest absolute Gasteiger partial charge is 0.328 e. The first kappa shape index (κ1) is 13.0. The fourth-order valence-electron chi connectivity index (χ4n) is 1.06. The summed E-state index contributed by atoms with van der Waals surface area (Å²) < 4.78 is 38.6.